The zero-order valence-electron chi connectivity index (χ0n) is 13.2. The number of rotatable bonds is 8. The molecule has 6 nitrogen and oxygen atoms in total. The van der Waals surface area contributed by atoms with Crippen molar-refractivity contribution in [3.63, 3.8) is 0 Å². The lowest BCUT2D eigenvalue weighted by atomic mass is 10.2. The van der Waals surface area contributed by atoms with E-state index >= 15 is 0 Å². The van der Waals surface area contributed by atoms with Gasteiger partial charge in [0.2, 0.25) is 10.0 Å². The van der Waals surface area contributed by atoms with Gasteiger partial charge in [-0.25, -0.2) is 13.1 Å². The van der Waals surface area contributed by atoms with Gasteiger partial charge >= 0.3 is 5.97 Å². The molecule has 0 heterocycles. The average molecular weight is 349 g/mol. The third-order valence-corrected chi connectivity index (χ3v) is 4.79. The van der Waals surface area contributed by atoms with Crippen LogP contribution in [0, 0.1) is 6.92 Å². The summed E-state index contributed by atoms with van der Waals surface area (Å²) < 4.78 is 32.3. The smallest absolute Gasteiger partial charge is 0.303 e. The van der Waals surface area contributed by atoms with Crippen LogP contribution in [-0.4, -0.2) is 26.0 Å². The van der Waals surface area contributed by atoms with Crippen molar-refractivity contribution in [1.82, 2.24) is 4.72 Å². The average Bonchev–Trinajstić information content (AvgIpc) is 2.54. The summed E-state index contributed by atoms with van der Waals surface area (Å²) in [4.78, 5) is 10.5. The van der Waals surface area contributed by atoms with E-state index in [1.165, 1.54) is 12.1 Å². The fraction of sp³-hybridized carbons (Fsp3) is 0.235. The SMILES string of the molecule is Cc1ccccc1Oc1ccc(S(=O)(=O)NCCCC(=O)O)cc1. The third kappa shape index (κ3) is 5.07. The first kappa shape index (κ1) is 18.0. The number of aliphatic carboxylic acids is 1. The summed E-state index contributed by atoms with van der Waals surface area (Å²) in [6, 6.07) is 13.6. The molecular formula is C17H19NO5S. The van der Waals surface area contributed by atoms with Crippen LogP contribution in [0.1, 0.15) is 18.4 Å². The molecule has 0 amide bonds. The maximum Gasteiger partial charge on any atom is 0.303 e. The van der Waals surface area contributed by atoms with Crippen molar-refractivity contribution < 1.29 is 23.1 Å². The number of carbonyl (C=O) groups is 1. The van der Waals surface area contributed by atoms with Gasteiger partial charge in [-0.2, -0.15) is 0 Å². The van der Waals surface area contributed by atoms with Crippen LogP contribution in [0.2, 0.25) is 0 Å². The number of nitrogens with one attached hydrogen (secondary N) is 1. The van der Waals surface area contributed by atoms with Gasteiger partial charge in [-0.3, -0.25) is 4.79 Å². The Hall–Kier alpha value is -2.38. The number of benzene rings is 2. The molecule has 0 spiro atoms. The molecule has 128 valence electrons. The van der Waals surface area contributed by atoms with Crippen LogP contribution < -0.4 is 9.46 Å². The largest absolute Gasteiger partial charge is 0.481 e. The minimum absolute atomic E-state index is 0.0777. The highest BCUT2D eigenvalue weighted by Gasteiger charge is 2.13. The predicted molar refractivity (Wildman–Crippen MR) is 89.8 cm³/mol. The maximum absolute atomic E-state index is 12.1. The van der Waals surface area contributed by atoms with Crippen LogP contribution in [0.25, 0.3) is 0 Å². The van der Waals surface area contributed by atoms with Gasteiger partial charge in [-0.15, -0.1) is 0 Å². The molecule has 0 aliphatic heterocycles. The van der Waals surface area contributed by atoms with Gasteiger partial charge in [0.15, 0.2) is 0 Å². The van der Waals surface area contributed by atoms with Crippen LogP contribution in [0.4, 0.5) is 0 Å². The molecule has 2 rings (SSSR count). The molecule has 24 heavy (non-hydrogen) atoms. The molecule has 0 radical (unpaired) electrons. The van der Waals surface area contributed by atoms with Gasteiger partial charge in [0.25, 0.3) is 0 Å². The molecule has 0 aliphatic rings. The number of aryl methyl sites for hydroxylation is 1. The van der Waals surface area contributed by atoms with Crippen LogP contribution >= 0.6 is 0 Å². The first-order valence-corrected chi connectivity index (χ1v) is 8.92. The van der Waals surface area contributed by atoms with E-state index in [2.05, 4.69) is 4.72 Å². The van der Waals surface area contributed by atoms with E-state index in [1.54, 1.807) is 12.1 Å². The van der Waals surface area contributed by atoms with Crippen molar-refractivity contribution in [3.8, 4) is 11.5 Å². The summed E-state index contributed by atoms with van der Waals surface area (Å²) in [5.74, 6) is 0.293. The number of hydrogen-bond acceptors (Lipinski definition) is 4. The van der Waals surface area contributed by atoms with E-state index in [1.807, 2.05) is 31.2 Å². The maximum atomic E-state index is 12.1. The normalized spacial score (nSPS) is 11.2. The Bertz CT molecular complexity index is 800. The molecule has 0 fully saturated rings. The summed E-state index contributed by atoms with van der Waals surface area (Å²) in [6.45, 7) is 2.01. The second kappa shape index (κ2) is 7.94. The zero-order valence-corrected chi connectivity index (χ0v) is 14.0. The third-order valence-electron chi connectivity index (χ3n) is 3.31. The summed E-state index contributed by atoms with van der Waals surface area (Å²) in [5.41, 5.74) is 0.981. The molecule has 0 aromatic heterocycles. The number of ether oxygens (including phenoxy) is 1. The molecule has 0 atom stereocenters. The highest BCUT2D eigenvalue weighted by atomic mass is 32.2. The molecular weight excluding hydrogens is 330 g/mol. The van der Waals surface area contributed by atoms with Gasteiger partial charge in [0.1, 0.15) is 11.5 Å². The van der Waals surface area contributed by atoms with E-state index in [4.69, 9.17) is 9.84 Å². The van der Waals surface area contributed by atoms with E-state index in [0.717, 1.165) is 5.56 Å². The molecule has 2 aromatic rings. The first-order valence-electron chi connectivity index (χ1n) is 7.43. The van der Waals surface area contributed by atoms with Gasteiger partial charge in [0, 0.05) is 13.0 Å². The van der Waals surface area contributed by atoms with Crippen LogP contribution in [0.15, 0.2) is 53.4 Å². The van der Waals surface area contributed by atoms with Gasteiger partial charge in [-0.1, -0.05) is 18.2 Å². The quantitative estimate of drug-likeness (QED) is 0.715. The van der Waals surface area contributed by atoms with E-state index in [-0.39, 0.29) is 24.3 Å². The number of sulfonamides is 1. The van der Waals surface area contributed by atoms with Gasteiger partial charge < -0.3 is 9.84 Å². The fourth-order valence-electron chi connectivity index (χ4n) is 2.01. The van der Waals surface area contributed by atoms with Crippen LogP contribution in [0.3, 0.4) is 0 Å². The minimum atomic E-state index is -3.65. The summed E-state index contributed by atoms with van der Waals surface area (Å²) in [6.07, 6.45) is 0.161. The Morgan fingerprint density at radius 3 is 2.42 bits per heavy atom. The minimum Gasteiger partial charge on any atom is -0.481 e. The van der Waals surface area contributed by atoms with Gasteiger partial charge in [0.05, 0.1) is 4.90 Å². The monoisotopic (exact) mass is 349 g/mol. The zero-order chi connectivity index (χ0) is 17.6. The molecule has 0 bridgehead atoms. The highest BCUT2D eigenvalue weighted by Crippen LogP contribution is 2.25. The Kier molecular flexibility index (Phi) is 5.94. The Labute approximate surface area is 141 Å². The fourth-order valence-corrected chi connectivity index (χ4v) is 3.09. The topological polar surface area (TPSA) is 92.7 Å². The Balaban J connectivity index is 2.00. The molecule has 0 saturated carbocycles. The number of carboxylic acid groups (broad SMARTS) is 1. The predicted octanol–water partition coefficient (Wildman–Crippen LogP) is 2.93. The molecule has 0 saturated heterocycles. The standard InChI is InChI=1S/C17H19NO5S/c1-13-5-2-3-6-16(13)23-14-8-10-15(11-9-14)24(21,22)18-12-4-7-17(19)20/h2-3,5-6,8-11,18H,4,7,12H2,1H3,(H,19,20). The Morgan fingerprint density at radius 2 is 1.79 bits per heavy atom. The van der Waals surface area contributed by atoms with E-state index in [0.29, 0.717) is 11.5 Å². The van der Waals surface area contributed by atoms with Gasteiger partial charge in [-0.05, 0) is 49.2 Å². The van der Waals surface area contributed by atoms with Crippen molar-refractivity contribution >= 4 is 16.0 Å². The first-order chi connectivity index (χ1) is 11.4. The van der Waals surface area contributed by atoms with Crippen molar-refractivity contribution in [2.45, 2.75) is 24.7 Å². The lowest BCUT2D eigenvalue weighted by Gasteiger charge is -2.10. The Morgan fingerprint density at radius 1 is 1.12 bits per heavy atom. The lowest BCUT2D eigenvalue weighted by Crippen LogP contribution is -2.25. The molecule has 0 aliphatic carbocycles. The molecule has 0 unspecified atom stereocenters. The van der Waals surface area contributed by atoms with Crippen LogP contribution in [-0.2, 0) is 14.8 Å². The second-order valence-corrected chi connectivity index (χ2v) is 7.00. The number of carboxylic acids is 1. The molecule has 7 heteroatoms. The number of para-hydroxylation sites is 1. The van der Waals surface area contributed by atoms with Crippen molar-refractivity contribution in [1.29, 1.82) is 0 Å². The van der Waals surface area contributed by atoms with E-state index < -0.39 is 16.0 Å². The summed E-state index contributed by atoms with van der Waals surface area (Å²) in [7, 11) is -3.65. The molecule has 2 aromatic carbocycles. The van der Waals surface area contributed by atoms with Crippen molar-refractivity contribution in [2.24, 2.45) is 0 Å². The summed E-state index contributed by atoms with van der Waals surface area (Å²) in [5, 5.41) is 8.54. The lowest BCUT2D eigenvalue weighted by molar-refractivity contribution is -0.137. The van der Waals surface area contributed by atoms with E-state index in [9.17, 15) is 13.2 Å². The van der Waals surface area contributed by atoms with Crippen molar-refractivity contribution in [2.75, 3.05) is 6.54 Å². The summed E-state index contributed by atoms with van der Waals surface area (Å²) >= 11 is 0. The molecule has 2 N–H and O–H groups in total. The number of hydrogen-bond donors (Lipinski definition) is 2. The highest BCUT2D eigenvalue weighted by molar-refractivity contribution is 7.89. The second-order valence-electron chi connectivity index (χ2n) is 5.23. The van der Waals surface area contributed by atoms with Crippen molar-refractivity contribution in [3.05, 3.63) is 54.1 Å². The van der Waals surface area contributed by atoms with Crippen LogP contribution in [0.5, 0.6) is 11.5 Å².